The van der Waals surface area contributed by atoms with Crippen LogP contribution in [0.25, 0.3) is 0 Å². The van der Waals surface area contributed by atoms with Crippen LogP contribution in [0, 0.1) is 5.92 Å². The summed E-state index contributed by atoms with van der Waals surface area (Å²) in [5.41, 5.74) is 0.744. The zero-order valence-electron chi connectivity index (χ0n) is 16.7. The number of nitrogens with one attached hydrogen (secondary N) is 3. The fourth-order valence-electron chi connectivity index (χ4n) is 3.93. The smallest absolute Gasteiger partial charge is 0.317 e. The molecule has 3 rings (SSSR count). The number of rotatable bonds is 6. The topological polar surface area (TPSA) is 104 Å². The maximum Gasteiger partial charge on any atom is 0.317 e. The first-order chi connectivity index (χ1) is 13.1. The molecule has 2 aliphatic rings. The number of carbonyl (C=O) groups excluding carboxylic acids is 2. The van der Waals surface area contributed by atoms with Gasteiger partial charge in [-0.05, 0) is 25.2 Å². The molecule has 0 radical (unpaired) electrons. The lowest BCUT2D eigenvalue weighted by atomic mass is 9.89. The van der Waals surface area contributed by atoms with Crippen molar-refractivity contribution in [3.05, 3.63) is 11.9 Å². The molecule has 1 aliphatic carbocycles. The molecule has 3 N–H and O–H groups in total. The van der Waals surface area contributed by atoms with Gasteiger partial charge in [0.1, 0.15) is 5.69 Å². The molecule has 3 amide bonds. The van der Waals surface area contributed by atoms with Crippen LogP contribution in [-0.2, 0) is 11.3 Å². The van der Waals surface area contributed by atoms with E-state index in [0.29, 0.717) is 25.4 Å². The average molecular weight is 414 g/mol. The summed E-state index contributed by atoms with van der Waals surface area (Å²) in [5, 5.41) is 17.3. The van der Waals surface area contributed by atoms with Crippen LogP contribution in [0.4, 0.5) is 4.79 Å². The number of aromatic nitrogens is 3. The number of halogens is 1. The van der Waals surface area contributed by atoms with E-state index in [1.165, 1.54) is 32.1 Å². The van der Waals surface area contributed by atoms with Gasteiger partial charge in [0.05, 0.1) is 24.8 Å². The summed E-state index contributed by atoms with van der Waals surface area (Å²) in [6, 6.07) is -0.169. The van der Waals surface area contributed by atoms with Gasteiger partial charge in [0.15, 0.2) is 0 Å². The molecule has 2 atom stereocenters. The Hall–Kier alpha value is -1.87. The van der Waals surface area contributed by atoms with Crippen molar-refractivity contribution < 1.29 is 9.59 Å². The highest BCUT2D eigenvalue weighted by atomic mass is 35.5. The van der Waals surface area contributed by atoms with E-state index < -0.39 is 0 Å². The molecular formula is C18H32ClN7O2. The Labute approximate surface area is 172 Å². The van der Waals surface area contributed by atoms with Crippen LogP contribution < -0.4 is 16.0 Å². The zero-order chi connectivity index (χ0) is 19.2. The minimum atomic E-state index is -0.194. The van der Waals surface area contributed by atoms with Gasteiger partial charge in [-0.25, -0.2) is 9.48 Å². The Kier molecular flexibility index (Phi) is 8.50. The summed E-state index contributed by atoms with van der Waals surface area (Å²) in [6.45, 7) is 1.85. The lowest BCUT2D eigenvalue weighted by Crippen LogP contribution is -2.39. The van der Waals surface area contributed by atoms with Crippen LogP contribution in [0.5, 0.6) is 0 Å². The molecule has 0 bridgehead atoms. The summed E-state index contributed by atoms with van der Waals surface area (Å²) in [5.74, 6) is 0.604. The van der Waals surface area contributed by atoms with Gasteiger partial charge < -0.3 is 20.9 Å². The Balaban J connectivity index is 0.00000280. The predicted octanol–water partition coefficient (Wildman–Crippen LogP) is 1.07. The number of hydrogen-bond acceptors (Lipinski definition) is 5. The first-order valence-electron chi connectivity index (χ1n) is 9.91. The highest BCUT2D eigenvalue weighted by Crippen LogP contribution is 2.23. The number of amides is 3. The van der Waals surface area contributed by atoms with Crippen molar-refractivity contribution >= 4 is 24.3 Å². The van der Waals surface area contributed by atoms with Crippen LogP contribution in [0.1, 0.15) is 50.3 Å². The second-order valence-electron chi connectivity index (χ2n) is 7.70. The molecule has 1 aromatic heterocycles. The lowest BCUT2D eigenvalue weighted by molar-refractivity contribution is -0.122. The van der Waals surface area contributed by atoms with Crippen LogP contribution >= 0.6 is 12.4 Å². The van der Waals surface area contributed by atoms with E-state index in [9.17, 15) is 9.59 Å². The third-order valence-corrected chi connectivity index (χ3v) is 5.61. The second-order valence-corrected chi connectivity index (χ2v) is 7.70. The van der Waals surface area contributed by atoms with Gasteiger partial charge in [-0.1, -0.05) is 24.5 Å². The van der Waals surface area contributed by atoms with Crippen LogP contribution in [-0.4, -0.2) is 65.1 Å². The Morgan fingerprint density at radius 2 is 2.07 bits per heavy atom. The van der Waals surface area contributed by atoms with E-state index in [0.717, 1.165) is 12.2 Å². The minimum Gasteiger partial charge on any atom is -0.358 e. The average Bonchev–Trinajstić information content (AvgIpc) is 3.35. The van der Waals surface area contributed by atoms with E-state index in [2.05, 4.69) is 26.3 Å². The van der Waals surface area contributed by atoms with Crippen molar-refractivity contribution in [1.29, 1.82) is 0 Å². The quantitative estimate of drug-likeness (QED) is 0.647. The third kappa shape index (κ3) is 5.81. The number of nitrogens with zero attached hydrogens (tertiary/aromatic N) is 4. The highest BCUT2D eigenvalue weighted by Gasteiger charge is 2.30. The number of hydrogen-bond donors (Lipinski definition) is 3. The van der Waals surface area contributed by atoms with Crippen molar-refractivity contribution in [3.8, 4) is 0 Å². The molecule has 158 valence electrons. The fraction of sp³-hybridized carbons (Fsp3) is 0.778. The molecule has 28 heavy (non-hydrogen) atoms. The summed E-state index contributed by atoms with van der Waals surface area (Å²) in [7, 11) is 3.41. The standard InChI is InChI=1S/C18H31N7O2.ClH/c1-19-17(26)16-8-15(10-20-16)25-12-14(22-23-25)11-24(2)18(27)21-9-13-6-4-3-5-7-13;/h12-13,15-16,20H,3-11H2,1-2H3,(H,19,26)(H,21,27);1H/t15-,16-;/m0./s1. The molecule has 2 fully saturated rings. The molecule has 10 heteroatoms. The molecule has 0 spiro atoms. The Bertz CT molecular complexity index is 648. The summed E-state index contributed by atoms with van der Waals surface area (Å²) < 4.78 is 1.79. The second kappa shape index (κ2) is 10.6. The summed E-state index contributed by atoms with van der Waals surface area (Å²) >= 11 is 0. The van der Waals surface area contributed by atoms with E-state index in [4.69, 9.17) is 0 Å². The zero-order valence-corrected chi connectivity index (χ0v) is 17.5. The Morgan fingerprint density at radius 3 is 2.79 bits per heavy atom. The Morgan fingerprint density at radius 1 is 1.32 bits per heavy atom. The molecular weight excluding hydrogens is 382 g/mol. The van der Waals surface area contributed by atoms with E-state index in [-0.39, 0.29) is 36.4 Å². The summed E-state index contributed by atoms with van der Waals surface area (Å²) in [4.78, 5) is 25.7. The molecule has 1 aliphatic heterocycles. The monoisotopic (exact) mass is 413 g/mol. The normalized spacial score (nSPS) is 22.4. The summed E-state index contributed by atoms with van der Waals surface area (Å²) in [6.07, 6.45) is 8.84. The predicted molar refractivity (Wildman–Crippen MR) is 108 cm³/mol. The first kappa shape index (κ1) is 22.4. The first-order valence-corrected chi connectivity index (χ1v) is 9.91. The van der Waals surface area contributed by atoms with Crippen LogP contribution in [0.15, 0.2) is 6.20 Å². The number of carbonyl (C=O) groups is 2. The van der Waals surface area contributed by atoms with Crippen LogP contribution in [0.3, 0.4) is 0 Å². The highest BCUT2D eigenvalue weighted by molar-refractivity contribution is 5.85. The van der Waals surface area contributed by atoms with Crippen molar-refractivity contribution in [2.75, 3.05) is 27.2 Å². The van der Waals surface area contributed by atoms with E-state index in [1.54, 1.807) is 23.7 Å². The molecule has 1 aromatic rings. The van der Waals surface area contributed by atoms with E-state index in [1.807, 2.05) is 6.20 Å². The lowest BCUT2D eigenvalue weighted by Gasteiger charge is -2.23. The van der Waals surface area contributed by atoms with Gasteiger partial charge >= 0.3 is 6.03 Å². The van der Waals surface area contributed by atoms with Crippen LogP contribution in [0.2, 0.25) is 0 Å². The number of likely N-dealkylation sites (N-methyl/N-ethyl adjacent to an activating group) is 1. The maximum atomic E-state index is 12.3. The number of urea groups is 1. The van der Waals surface area contributed by atoms with Gasteiger partial charge in [-0.15, -0.1) is 17.5 Å². The van der Waals surface area contributed by atoms with Gasteiger partial charge in [0.2, 0.25) is 5.91 Å². The van der Waals surface area contributed by atoms with Crippen molar-refractivity contribution in [3.63, 3.8) is 0 Å². The van der Waals surface area contributed by atoms with Gasteiger partial charge in [-0.2, -0.15) is 0 Å². The van der Waals surface area contributed by atoms with Gasteiger partial charge in [-0.3, -0.25) is 4.79 Å². The minimum absolute atomic E-state index is 0. The van der Waals surface area contributed by atoms with Gasteiger partial charge in [0, 0.05) is 27.2 Å². The molecule has 9 nitrogen and oxygen atoms in total. The molecule has 1 saturated heterocycles. The largest absolute Gasteiger partial charge is 0.358 e. The van der Waals surface area contributed by atoms with Crippen molar-refractivity contribution in [2.24, 2.45) is 5.92 Å². The fourth-order valence-corrected chi connectivity index (χ4v) is 3.93. The van der Waals surface area contributed by atoms with Crippen molar-refractivity contribution in [2.45, 2.75) is 57.2 Å². The molecule has 0 aromatic carbocycles. The molecule has 2 heterocycles. The SMILES string of the molecule is CNC(=O)[C@@H]1C[C@H](n2cc(CN(C)C(=O)NCC3CCCCC3)nn2)CN1.Cl. The molecule has 0 unspecified atom stereocenters. The van der Waals surface area contributed by atoms with E-state index >= 15 is 0 Å². The maximum absolute atomic E-state index is 12.3. The molecule has 1 saturated carbocycles. The van der Waals surface area contributed by atoms with Crippen molar-refractivity contribution in [1.82, 2.24) is 35.8 Å². The van der Waals surface area contributed by atoms with Gasteiger partial charge in [0.25, 0.3) is 0 Å². The third-order valence-electron chi connectivity index (χ3n) is 5.61.